The average molecular weight is 313 g/mol. The lowest BCUT2D eigenvalue weighted by atomic mass is 9.98. The lowest BCUT2D eigenvalue weighted by molar-refractivity contribution is 0.0718. The maximum Gasteiger partial charge on any atom is 0.277 e. The third kappa shape index (κ3) is 2.92. The molecule has 23 heavy (non-hydrogen) atoms. The molecule has 0 fully saturated rings. The number of aromatic nitrogens is 1. The lowest BCUT2D eigenvalue weighted by Crippen LogP contribution is -2.46. The second-order valence-electron chi connectivity index (χ2n) is 5.73. The Kier molecular flexibility index (Phi) is 4.06. The lowest BCUT2D eigenvalue weighted by Gasteiger charge is -2.31. The van der Waals surface area contributed by atoms with Gasteiger partial charge in [-0.2, -0.15) is 0 Å². The van der Waals surface area contributed by atoms with Crippen LogP contribution in [0.25, 0.3) is 0 Å². The number of benzene rings is 1. The maximum atomic E-state index is 12.5. The predicted molar refractivity (Wildman–Crippen MR) is 87.1 cm³/mol. The molecule has 2 N–H and O–H groups in total. The highest BCUT2D eigenvalue weighted by molar-refractivity contribution is 5.96. The van der Waals surface area contributed by atoms with Crippen molar-refractivity contribution >= 4 is 5.91 Å². The first-order chi connectivity index (χ1) is 11.1. The van der Waals surface area contributed by atoms with Crippen molar-refractivity contribution in [2.45, 2.75) is 19.3 Å². The fraction of sp³-hybridized carbons (Fsp3) is 0.294. The Bertz CT molecular complexity index is 770. The van der Waals surface area contributed by atoms with Crippen LogP contribution >= 0.6 is 0 Å². The molecule has 3 rings (SSSR count). The van der Waals surface area contributed by atoms with Crippen LogP contribution in [0.3, 0.4) is 0 Å². The predicted octanol–water partition coefficient (Wildman–Crippen LogP) is 1.70. The van der Waals surface area contributed by atoms with Crippen LogP contribution < -0.4 is 10.9 Å². The summed E-state index contributed by atoms with van der Waals surface area (Å²) in [6.07, 6.45) is 2.26. The second-order valence-corrected chi connectivity index (χ2v) is 5.73. The fourth-order valence-corrected chi connectivity index (χ4v) is 2.72. The molecule has 0 aliphatic carbocycles. The van der Waals surface area contributed by atoms with E-state index in [1.807, 2.05) is 18.2 Å². The first-order valence-corrected chi connectivity index (χ1v) is 7.60. The van der Waals surface area contributed by atoms with Gasteiger partial charge in [-0.25, -0.2) is 0 Å². The summed E-state index contributed by atoms with van der Waals surface area (Å²) in [5.41, 5.74) is 3.67. The molecule has 2 heterocycles. The summed E-state index contributed by atoms with van der Waals surface area (Å²) in [4.78, 5) is 25.6. The van der Waals surface area contributed by atoms with E-state index in [1.54, 1.807) is 4.90 Å². The average Bonchev–Trinajstić information content (AvgIpc) is 2.58. The Morgan fingerprint density at radius 2 is 1.96 bits per heavy atom. The highest BCUT2D eigenvalue weighted by atomic mass is 16.3. The van der Waals surface area contributed by atoms with E-state index < -0.39 is 11.2 Å². The van der Waals surface area contributed by atoms with Gasteiger partial charge in [0.05, 0.1) is 0 Å². The molecule has 1 amide bonds. The number of rotatable bonds is 4. The van der Waals surface area contributed by atoms with Gasteiger partial charge in [0.25, 0.3) is 5.91 Å². The van der Waals surface area contributed by atoms with Gasteiger partial charge in [0, 0.05) is 18.8 Å². The van der Waals surface area contributed by atoms with Gasteiger partial charge in [-0.1, -0.05) is 37.3 Å². The van der Waals surface area contributed by atoms with Crippen LogP contribution in [0.5, 0.6) is 5.75 Å². The van der Waals surface area contributed by atoms with Gasteiger partial charge in [-0.3, -0.25) is 14.3 Å². The minimum absolute atomic E-state index is 0.00360. The molecule has 2 aromatic rings. The molecular weight excluding hydrogens is 294 g/mol. The summed E-state index contributed by atoms with van der Waals surface area (Å²) in [6.45, 7) is 3.01. The maximum absolute atomic E-state index is 12.5. The molecule has 0 saturated heterocycles. The van der Waals surface area contributed by atoms with E-state index in [0.29, 0.717) is 19.1 Å². The monoisotopic (exact) mass is 313 g/mol. The van der Waals surface area contributed by atoms with E-state index in [2.05, 4.69) is 24.5 Å². The summed E-state index contributed by atoms with van der Waals surface area (Å²) in [5, 5.41) is 9.87. The summed E-state index contributed by atoms with van der Waals surface area (Å²) >= 11 is 0. The van der Waals surface area contributed by atoms with Crippen LogP contribution in [0, 0.1) is 0 Å². The molecule has 6 nitrogen and oxygen atoms in total. The third-order valence-corrected chi connectivity index (χ3v) is 4.20. The van der Waals surface area contributed by atoms with Gasteiger partial charge in [0.2, 0.25) is 5.43 Å². The molecule has 1 aromatic heterocycles. The number of fused-ring (bicyclic) bond motifs is 1. The SMILES string of the molecule is CC(CCN1CNn2ccc(=O)c(O)c2C1=O)c1ccccc1. The normalized spacial score (nSPS) is 15.0. The molecule has 120 valence electrons. The molecule has 0 radical (unpaired) electrons. The quantitative estimate of drug-likeness (QED) is 0.901. The first kappa shape index (κ1) is 15.1. The second kappa shape index (κ2) is 6.16. The van der Waals surface area contributed by atoms with E-state index in [1.165, 1.54) is 22.5 Å². The van der Waals surface area contributed by atoms with Crippen LogP contribution in [-0.4, -0.2) is 33.8 Å². The number of nitrogens with one attached hydrogen (secondary N) is 1. The van der Waals surface area contributed by atoms with Gasteiger partial charge in [0.1, 0.15) is 6.67 Å². The van der Waals surface area contributed by atoms with Crippen molar-refractivity contribution in [2.75, 3.05) is 18.6 Å². The van der Waals surface area contributed by atoms with Crippen LogP contribution in [0.15, 0.2) is 47.4 Å². The highest BCUT2D eigenvalue weighted by Crippen LogP contribution is 2.21. The minimum atomic E-state index is -0.550. The first-order valence-electron chi connectivity index (χ1n) is 7.60. The van der Waals surface area contributed by atoms with E-state index >= 15 is 0 Å². The number of carbonyl (C=O) groups excluding carboxylic acids is 1. The Labute approximate surface area is 133 Å². The van der Waals surface area contributed by atoms with Crippen molar-refractivity contribution in [1.29, 1.82) is 0 Å². The molecule has 6 heteroatoms. The van der Waals surface area contributed by atoms with Crippen LogP contribution in [-0.2, 0) is 0 Å². The van der Waals surface area contributed by atoms with Crippen molar-refractivity contribution in [1.82, 2.24) is 9.58 Å². The number of amides is 1. The molecule has 1 unspecified atom stereocenters. The van der Waals surface area contributed by atoms with E-state index in [9.17, 15) is 14.7 Å². The molecular formula is C17H19N3O3. The summed E-state index contributed by atoms with van der Waals surface area (Å²) in [5.74, 6) is -0.525. The third-order valence-electron chi connectivity index (χ3n) is 4.20. The summed E-state index contributed by atoms with van der Waals surface area (Å²) < 4.78 is 1.40. The molecule has 1 aliphatic heterocycles. The van der Waals surface area contributed by atoms with Crippen molar-refractivity contribution in [3.63, 3.8) is 0 Å². The van der Waals surface area contributed by atoms with E-state index in [4.69, 9.17) is 0 Å². The van der Waals surface area contributed by atoms with Gasteiger partial charge in [-0.05, 0) is 17.9 Å². The van der Waals surface area contributed by atoms with Crippen LogP contribution in [0.4, 0.5) is 0 Å². The zero-order valence-corrected chi connectivity index (χ0v) is 12.9. The van der Waals surface area contributed by atoms with Gasteiger partial charge < -0.3 is 15.4 Å². The molecule has 1 aromatic carbocycles. The summed E-state index contributed by atoms with van der Waals surface area (Å²) in [6, 6.07) is 11.3. The van der Waals surface area contributed by atoms with Crippen LogP contribution in [0.2, 0.25) is 0 Å². The summed E-state index contributed by atoms with van der Waals surface area (Å²) in [7, 11) is 0. The number of nitrogens with zero attached hydrogens (tertiary/aromatic N) is 2. The topological polar surface area (TPSA) is 74.6 Å². The van der Waals surface area contributed by atoms with Crippen LogP contribution in [0.1, 0.15) is 35.3 Å². The Morgan fingerprint density at radius 3 is 2.70 bits per heavy atom. The zero-order chi connectivity index (χ0) is 16.4. The van der Waals surface area contributed by atoms with Gasteiger partial charge >= 0.3 is 0 Å². The van der Waals surface area contributed by atoms with E-state index in [0.717, 1.165) is 6.42 Å². The van der Waals surface area contributed by atoms with Crippen molar-refractivity contribution in [3.8, 4) is 5.75 Å². The largest absolute Gasteiger partial charge is 0.502 e. The van der Waals surface area contributed by atoms with Crippen molar-refractivity contribution < 1.29 is 9.90 Å². The molecule has 1 atom stereocenters. The van der Waals surface area contributed by atoms with Crippen molar-refractivity contribution in [2.24, 2.45) is 0 Å². The Balaban J connectivity index is 1.72. The smallest absolute Gasteiger partial charge is 0.277 e. The fourth-order valence-electron chi connectivity index (χ4n) is 2.72. The van der Waals surface area contributed by atoms with Crippen molar-refractivity contribution in [3.05, 3.63) is 64.1 Å². The molecule has 0 spiro atoms. The number of hydrogen-bond acceptors (Lipinski definition) is 4. The van der Waals surface area contributed by atoms with Gasteiger partial charge in [-0.15, -0.1) is 0 Å². The number of hydrogen-bond donors (Lipinski definition) is 2. The highest BCUT2D eigenvalue weighted by Gasteiger charge is 2.28. The Morgan fingerprint density at radius 1 is 1.22 bits per heavy atom. The van der Waals surface area contributed by atoms with Gasteiger partial charge in [0.15, 0.2) is 11.4 Å². The zero-order valence-electron chi connectivity index (χ0n) is 12.9. The molecule has 1 aliphatic rings. The minimum Gasteiger partial charge on any atom is -0.502 e. The standard InChI is InChI=1S/C17H19N3O3/c1-12(13-5-3-2-4-6-13)7-9-19-11-18-20-10-8-14(21)16(22)15(20)17(19)23/h2-6,8,10,12,18,22H,7,9,11H2,1H3. The Hall–Kier alpha value is -2.76. The molecule has 0 bridgehead atoms. The van der Waals surface area contributed by atoms with E-state index in [-0.39, 0.29) is 11.6 Å². The number of carbonyl (C=O) groups is 1. The number of pyridine rings is 1. The number of aromatic hydroxyl groups is 1. The molecule has 0 saturated carbocycles.